The van der Waals surface area contributed by atoms with Gasteiger partial charge in [-0.3, -0.25) is 0 Å². The molecule has 0 saturated heterocycles. The predicted octanol–water partition coefficient (Wildman–Crippen LogP) is 3.53. The Morgan fingerprint density at radius 3 is 3.27 bits per heavy atom. The summed E-state index contributed by atoms with van der Waals surface area (Å²) < 4.78 is 0. The Morgan fingerprint density at radius 1 is 1.60 bits per heavy atom. The highest BCUT2D eigenvalue weighted by Crippen LogP contribution is 2.35. The average Bonchev–Trinajstić information content (AvgIpc) is 2.26. The monoisotopic (exact) mass is 238 g/mol. The molecule has 1 aromatic rings. The molecule has 2 rings (SSSR count). The molecule has 0 saturated carbocycles. The molecule has 0 fully saturated rings. The van der Waals surface area contributed by atoms with E-state index in [0.717, 1.165) is 22.9 Å². The third-order valence-electron chi connectivity index (χ3n) is 2.35. The van der Waals surface area contributed by atoms with Crippen LogP contribution in [0.1, 0.15) is 12.8 Å². The maximum absolute atomic E-state index is 8.53. The van der Waals surface area contributed by atoms with E-state index in [0.29, 0.717) is 12.5 Å². The molecule has 1 aromatic carbocycles. The van der Waals surface area contributed by atoms with Crippen LogP contribution in [0.2, 0.25) is 5.02 Å². The highest BCUT2D eigenvalue weighted by atomic mass is 35.5. The average molecular weight is 239 g/mol. The number of rotatable bonds is 2. The third kappa shape index (κ3) is 2.58. The van der Waals surface area contributed by atoms with Crippen molar-refractivity contribution in [2.75, 3.05) is 11.1 Å². The minimum Gasteiger partial charge on any atom is -0.381 e. The molecule has 1 aliphatic rings. The molecule has 0 amide bonds. The first-order valence-electron chi connectivity index (χ1n) is 4.85. The van der Waals surface area contributed by atoms with Crippen molar-refractivity contribution in [1.29, 1.82) is 5.26 Å². The molecule has 1 N–H and O–H groups in total. The molecule has 2 nitrogen and oxygen atoms in total. The number of nitrogens with zero attached hydrogens (tertiary/aromatic N) is 1. The van der Waals surface area contributed by atoms with Crippen molar-refractivity contribution < 1.29 is 0 Å². The van der Waals surface area contributed by atoms with Crippen molar-refractivity contribution in [3.63, 3.8) is 0 Å². The van der Waals surface area contributed by atoms with Gasteiger partial charge in [-0.25, -0.2) is 0 Å². The summed E-state index contributed by atoms with van der Waals surface area (Å²) in [5.41, 5.74) is 1.14. The van der Waals surface area contributed by atoms with E-state index in [9.17, 15) is 0 Å². The topological polar surface area (TPSA) is 35.8 Å². The van der Waals surface area contributed by atoms with Gasteiger partial charge in [-0.05, 0) is 24.6 Å². The van der Waals surface area contributed by atoms with Gasteiger partial charge in [0.2, 0.25) is 0 Å². The smallest absolute Gasteiger partial charge is 0.0622 e. The van der Waals surface area contributed by atoms with Gasteiger partial charge < -0.3 is 5.32 Å². The van der Waals surface area contributed by atoms with Gasteiger partial charge in [0.05, 0.1) is 6.07 Å². The number of anilines is 1. The third-order valence-corrected chi connectivity index (χ3v) is 3.80. The van der Waals surface area contributed by atoms with Crippen LogP contribution in [0.15, 0.2) is 23.1 Å². The largest absolute Gasteiger partial charge is 0.381 e. The van der Waals surface area contributed by atoms with Crippen LogP contribution in [-0.2, 0) is 0 Å². The summed E-state index contributed by atoms with van der Waals surface area (Å²) in [6.07, 6.45) is 1.52. The Kier molecular flexibility index (Phi) is 3.40. The van der Waals surface area contributed by atoms with Gasteiger partial charge in [-0.15, -0.1) is 11.8 Å². The van der Waals surface area contributed by atoms with Gasteiger partial charge >= 0.3 is 0 Å². The number of thioether (sulfide) groups is 1. The maximum atomic E-state index is 8.53. The van der Waals surface area contributed by atoms with Gasteiger partial charge in [0.15, 0.2) is 0 Å². The zero-order chi connectivity index (χ0) is 10.7. The second-order valence-corrected chi connectivity index (χ2v) is 4.99. The van der Waals surface area contributed by atoms with E-state index in [2.05, 4.69) is 11.4 Å². The van der Waals surface area contributed by atoms with Crippen molar-refractivity contribution in [3.05, 3.63) is 23.2 Å². The lowest BCUT2D eigenvalue weighted by Gasteiger charge is -2.26. The van der Waals surface area contributed by atoms with E-state index in [-0.39, 0.29) is 0 Å². The van der Waals surface area contributed by atoms with Gasteiger partial charge in [0, 0.05) is 33.8 Å². The highest BCUT2D eigenvalue weighted by Gasteiger charge is 2.17. The number of hydrogen-bond acceptors (Lipinski definition) is 3. The van der Waals surface area contributed by atoms with Crippen LogP contribution in [0, 0.1) is 11.3 Å². The minimum absolute atomic E-state index is 0.406. The van der Waals surface area contributed by atoms with Crippen molar-refractivity contribution in [2.24, 2.45) is 0 Å². The Bertz CT molecular complexity index is 400. The number of nitriles is 1. The normalized spacial score (nSPS) is 18.8. The zero-order valence-corrected chi connectivity index (χ0v) is 9.74. The first-order valence-corrected chi connectivity index (χ1v) is 6.22. The van der Waals surface area contributed by atoms with Gasteiger partial charge in [0.1, 0.15) is 0 Å². The Labute approximate surface area is 98.6 Å². The van der Waals surface area contributed by atoms with Crippen LogP contribution in [-0.4, -0.2) is 11.8 Å². The molecule has 0 radical (unpaired) electrons. The van der Waals surface area contributed by atoms with E-state index >= 15 is 0 Å². The number of nitrogens with one attached hydrogen (secondary N) is 1. The SMILES string of the molecule is N#CCCC1CSc2cc(Cl)ccc2N1. The lowest BCUT2D eigenvalue weighted by molar-refractivity contribution is 0.724. The van der Waals surface area contributed by atoms with Crippen LogP contribution in [0.3, 0.4) is 0 Å². The molecule has 1 heterocycles. The molecule has 1 aliphatic heterocycles. The van der Waals surface area contributed by atoms with Crippen LogP contribution in [0.5, 0.6) is 0 Å². The minimum atomic E-state index is 0.406. The van der Waals surface area contributed by atoms with Crippen LogP contribution >= 0.6 is 23.4 Å². The number of halogens is 1. The first kappa shape index (κ1) is 10.7. The van der Waals surface area contributed by atoms with E-state index in [4.69, 9.17) is 16.9 Å². The predicted molar refractivity (Wildman–Crippen MR) is 64.4 cm³/mol. The molecular formula is C11H11ClN2S. The van der Waals surface area contributed by atoms with E-state index in [1.807, 2.05) is 18.2 Å². The second-order valence-electron chi connectivity index (χ2n) is 3.49. The second kappa shape index (κ2) is 4.78. The summed E-state index contributed by atoms with van der Waals surface area (Å²) >= 11 is 7.72. The summed E-state index contributed by atoms with van der Waals surface area (Å²) in [7, 11) is 0. The van der Waals surface area contributed by atoms with E-state index < -0.39 is 0 Å². The van der Waals surface area contributed by atoms with Crippen LogP contribution in [0.4, 0.5) is 5.69 Å². The zero-order valence-electron chi connectivity index (χ0n) is 8.16. The molecule has 0 aliphatic carbocycles. The van der Waals surface area contributed by atoms with Crippen molar-refractivity contribution in [3.8, 4) is 6.07 Å². The number of benzene rings is 1. The van der Waals surface area contributed by atoms with E-state index in [1.165, 1.54) is 4.90 Å². The summed E-state index contributed by atoms with van der Waals surface area (Å²) in [6, 6.07) is 8.46. The lowest BCUT2D eigenvalue weighted by atomic mass is 10.1. The van der Waals surface area contributed by atoms with Crippen molar-refractivity contribution in [1.82, 2.24) is 0 Å². The highest BCUT2D eigenvalue weighted by molar-refractivity contribution is 7.99. The summed E-state index contributed by atoms with van der Waals surface area (Å²) in [5.74, 6) is 1.01. The Hall–Kier alpha value is -0.850. The van der Waals surface area contributed by atoms with Gasteiger partial charge in [-0.1, -0.05) is 11.6 Å². The fourth-order valence-corrected chi connectivity index (χ4v) is 2.94. The molecule has 4 heteroatoms. The van der Waals surface area contributed by atoms with E-state index in [1.54, 1.807) is 11.8 Å². The molecule has 0 bridgehead atoms. The van der Waals surface area contributed by atoms with Crippen LogP contribution < -0.4 is 5.32 Å². The summed E-state index contributed by atoms with van der Waals surface area (Å²) in [6.45, 7) is 0. The summed E-state index contributed by atoms with van der Waals surface area (Å²) in [5, 5.41) is 12.7. The lowest BCUT2D eigenvalue weighted by Crippen LogP contribution is -2.25. The quantitative estimate of drug-likeness (QED) is 0.856. The molecule has 0 spiro atoms. The van der Waals surface area contributed by atoms with Crippen molar-refractivity contribution in [2.45, 2.75) is 23.8 Å². The molecule has 0 aromatic heterocycles. The Balaban J connectivity index is 2.07. The van der Waals surface area contributed by atoms with Gasteiger partial charge in [-0.2, -0.15) is 5.26 Å². The summed E-state index contributed by atoms with van der Waals surface area (Å²) in [4.78, 5) is 1.20. The molecular weight excluding hydrogens is 228 g/mol. The fraction of sp³-hybridized carbons (Fsp3) is 0.364. The first-order chi connectivity index (χ1) is 7.29. The molecule has 1 unspecified atom stereocenters. The molecule has 78 valence electrons. The van der Waals surface area contributed by atoms with Gasteiger partial charge in [0.25, 0.3) is 0 Å². The maximum Gasteiger partial charge on any atom is 0.0622 e. The number of fused-ring (bicyclic) bond motifs is 1. The molecule has 1 atom stereocenters. The fourth-order valence-electron chi connectivity index (χ4n) is 1.58. The molecule has 15 heavy (non-hydrogen) atoms. The van der Waals surface area contributed by atoms with Crippen LogP contribution in [0.25, 0.3) is 0 Å². The van der Waals surface area contributed by atoms with Crippen molar-refractivity contribution >= 4 is 29.1 Å². The standard InChI is InChI=1S/C11H11ClN2S/c12-8-3-4-10-11(6-8)15-7-9(14-10)2-1-5-13/h3-4,6,9,14H,1-2,7H2. The Morgan fingerprint density at radius 2 is 2.47 bits per heavy atom. The number of hydrogen-bond donors (Lipinski definition) is 1.